The Morgan fingerprint density at radius 2 is 1.49 bits per heavy atom. The van der Waals surface area contributed by atoms with Gasteiger partial charge in [-0.2, -0.15) is 0 Å². The number of nitrogens with one attached hydrogen (secondary N) is 1. The maximum absolute atomic E-state index is 13.4. The average molecular weight is 526 g/mol. The van der Waals surface area contributed by atoms with E-state index in [2.05, 4.69) is 29.6 Å². The number of anilines is 1. The van der Waals surface area contributed by atoms with E-state index in [9.17, 15) is 14.7 Å². The van der Waals surface area contributed by atoms with Crippen LogP contribution in [0.15, 0.2) is 84.9 Å². The lowest BCUT2D eigenvalue weighted by Crippen LogP contribution is -2.41. The largest absolute Gasteiger partial charge is 0.394 e. The Morgan fingerprint density at radius 1 is 0.846 bits per heavy atom. The zero-order chi connectivity index (χ0) is 27.0. The quantitative estimate of drug-likeness (QED) is 0.377. The van der Waals surface area contributed by atoms with Crippen LogP contribution in [0.25, 0.3) is 0 Å². The van der Waals surface area contributed by atoms with Crippen LogP contribution in [-0.2, 0) is 11.3 Å². The van der Waals surface area contributed by atoms with E-state index in [1.165, 1.54) is 0 Å². The summed E-state index contributed by atoms with van der Waals surface area (Å²) < 4.78 is 0. The van der Waals surface area contributed by atoms with Gasteiger partial charge >= 0.3 is 6.03 Å². The molecule has 39 heavy (non-hydrogen) atoms. The van der Waals surface area contributed by atoms with E-state index in [4.69, 9.17) is 0 Å². The summed E-state index contributed by atoms with van der Waals surface area (Å²) in [5.74, 6) is 0.0254. The molecule has 1 heterocycles. The number of aliphatic hydroxyl groups excluding tert-OH is 1. The Bertz CT molecular complexity index is 1210. The molecule has 5 rings (SSSR count). The zero-order valence-corrected chi connectivity index (χ0v) is 22.5. The predicted octanol–water partition coefficient (Wildman–Crippen LogP) is 6.03. The number of likely N-dealkylation sites (tertiary alicyclic amines) is 1. The minimum atomic E-state index is -0.402. The van der Waals surface area contributed by atoms with Crippen LogP contribution in [-0.4, -0.2) is 41.6 Å². The van der Waals surface area contributed by atoms with Gasteiger partial charge in [0.05, 0.1) is 19.2 Å². The molecule has 0 spiro atoms. The van der Waals surface area contributed by atoms with E-state index >= 15 is 0 Å². The first kappa shape index (κ1) is 26.9. The topological polar surface area (TPSA) is 72.9 Å². The van der Waals surface area contributed by atoms with Gasteiger partial charge < -0.3 is 15.3 Å². The summed E-state index contributed by atoms with van der Waals surface area (Å²) in [7, 11) is 0. The van der Waals surface area contributed by atoms with E-state index < -0.39 is 6.04 Å². The van der Waals surface area contributed by atoms with E-state index in [1.807, 2.05) is 70.5 Å². The molecule has 1 aliphatic heterocycles. The Hall–Kier alpha value is -3.64. The van der Waals surface area contributed by atoms with Crippen molar-refractivity contribution in [2.75, 3.05) is 24.6 Å². The third kappa shape index (κ3) is 6.51. The van der Waals surface area contributed by atoms with Gasteiger partial charge in [-0.15, -0.1) is 0 Å². The number of aliphatic hydroxyl groups is 1. The smallest absolute Gasteiger partial charge is 0.324 e. The molecule has 0 bridgehead atoms. The molecule has 0 aromatic heterocycles. The van der Waals surface area contributed by atoms with Crippen LogP contribution < -0.4 is 10.2 Å². The number of hydrogen-bond acceptors (Lipinski definition) is 3. The monoisotopic (exact) mass is 525 g/mol. The van der Waals surface area contributed by atoms with Gasteiger partial charge in [0.2, 0.25) is 5.91 Å². The summed E-state index contributed by atoms with van der Waals surface area (Å²) in [5, 5.41) is 13.1. The van der Waals surface area contributed by atoms with Crippen LogP contribution in [0.3, 0.4) is 0 Å². The Kier molecular flexibility index (Phi) is 8.94. The van der Waals surface area contributed by atoms with Crippen molar-refractivity contribution in [3.63, 3.8) is 0 Å². The van der Waals surface area contributed by atoms with Crippen LogP contribution in [0.2, 0.25) is 0 Å². The minimum absolute atomic E-state index is 0.0122. The van der Waals surface area contributed by atoms with Gasteiger partial charge in [0.25, 0.3) is 0 Å². The lowest BCUT2D eigenvalue weighted by Gasteiger charge is -2.32. The van der Waals surface area contributed by atoms with Gasteiger partial charge in [0, 0.05) is 24.7 Å². The summed E-state index contributed by atoms with van der Waals surface area (Å²) in [6.07, 6.45) is 6.07. The highest BCUT2D eigenvalue weighted by atomic mass is 16.3. The number of nitrogens with zero attached hydrogens (tertiary/aromatic N) is 2. The molecule has 3 aromatic rings. The van der Waals surface area contributed by atoms with Crippen LogP contribution in [0.5, 0.6) is 0 Å². The van der Waals surface area contributed by atoms with Crippen LogP contribution in [0.1, 0.15) is 67.2 Å². The Morgan fingerprint density at radius 3 is 2.15 bits per heavy atom. The lowest BCUT2D eigenvalue weighted by molar-refractivity contribution is -0.127. The number of benzene rings is 3. The second-order valence-corrected chi connectivity index (χ2v) is 10.8. The van der Waals surface area contributed by atoms with E-state index in [1.54, 1.807) is 0 Å². The maximum atomic E-state index is 13.4. The van der Waals surface area contributed by atoms with Gasteiger partial charge in [0.15, 0.2) is 0 Å². The van der Waals surface area contributed by atoms with Crippen molar-refractivity contribution in [3.05, 3.63) is 102 Å². The van der Waals surface area contributed by atoms with Gasteiger partial charge in [-0.1, -0.05) is 85.6 Å². The molecular formula is C33H39N3O3. The van der Waals surface area contributed by atoms with Crippen molar-refractivity contribution in [2.24, 2.45) is 5.92 Å². The van der Waals surface area contributed by atoms with Crippen LogP contribution in [0.4, 0.5) is 10.5 Å². The first-order chi connectivity index (χ1) is 19.1. The SMILES string of the molecule is O=C(N[C@@H](CO)c1ccccc1)[C@H]1CCCC[C@@H]1c1ccc(CN(C(=O)N2CCCC2)c2ccccc2)cc1. The molecule has 3 amide bonds. The minimum Gasteiger partial charge on any atom is -0.394 e. The van der Waals surface area contributed by atoms with Gasteiger partial charge in [0.1, 0.15) is 0 Å². The summed E-state index contributed by atoms with van der Waals surface area (Å²) in [4.78, 5) is 30.6. The number of urea groups is 1. The fourth-order valence-electron chi connectivity index (χ4n) is 6.05. The molecule has 1 saturated carbocycles. The molecule has 1 aliphatic carbocycles. The van der Waals surface area contributed by atoms with Crippen molar-refractivity contribution < 1.29 is 14.7 Å². The molecule has 3 atom stereocenters. The summed E-state index contributed by atoms with van der Waals surface area (Å²) in [6, 6.07) is 27.7. The van der Waals surface area contributed by atoms with Crippen LogP contribution >= 0.6 is 0 Å². The summed E-state index contributed by atoms with van der Waals surface area (Å²) >= 11 is 0. The standard InChI is InChI=1S/C33H39N3O3/c37-24-31(27-11-3-1-4-12-27)34-32(38)30-16-8-7-15-29(30)26-19-17-25(18-20-26)23-36(28-13-5-2-6-14-28)33(39)35-21-9-10-22-35/h1-6,11-14,17-20,29-31,37H,7-10,15-16,21-24H2,(H,34,38)/t29-,30+,31+/m1/s1. The first-order valence-electron chi connectivity index (χ1n) is 14.3. The highest BCUT2D eigenvalue weighted by molar-refractivity contribution is 5.92. The molecular weight excluding hydrogens is 486 g/mol. The molecule has 0 radical (unpaired) electrons. The first-order valence-corrected chi connectivity index (χ1v) is 14.3. The fourth-order valence-corrected chi connectivity index (χ4v) is 6.05. The number of carbonyl (C=O) groups is 2. The van der Waals surface area contributed by atoms with Crippen molar-refractivity contribution in [1.82, 2.24) is 10.2 Å². The normalized spacial score (nSPS) is 19.9. The predicted molar refractivity (Wildman–Crippen MR) is 154 cm³/mol. The zero-order valence-electron chi connectivity index (χ0n) is 22.5. The summed E-state index contributed by atoms with van der Waals surface area (Å²) in [6.45, 7) is 2.00. The fraction of sp³-hybridized carbons (Fsp3) is 0.394. The highest BCUT2D eigenvalue weighted by Gasteiger charge is 2.33. The average Bonchev–Trinajstić information content (AvgIpc) is 3.55. The van der Waals surface area contributed by atoms with E-state index in [0.29, 0.717) is 6.54 Å². The molecule has 3 aromatic carbocycles. The van der Waals surface area contributed by atoms with Crippen molar-refractivity contribution >= 4 is 17.6 Å². The molecule has 6 nitrogen and oxygen atoms in total. The third-order valence-electron chi connectivity index (χ3n) is 8.23. The number of rotatable bonds is 8. The lowest BCUT2D eigenvalue weighted by atomic mass is 9.74. The molecule has 2 N–H and O–H groups in total. The number of para-hydroxylation sites is 1. The molecule has 1 saturated heterocycles. The Labute approximate surface area is 231 Å². The van der Waals surface area contributed by atoms with Gasteiger partial charge in [-0.05, 0) is 60.4 Å². The molecule has 204 valence electrons. The third-order valence-corrected chi connectivity index (χ3v) is 8.23. The number of hydrogen-bond donors (Lipinski definition) is 2. The highest BCUT2D eigenvalue weighted by Crippen LogP contribution is 2.38. The number of carbonyl (C=O) groups excluding carboxylic acids is 2. The molecule has 6 heteroatoms. The van der Waals surface area contributed by atoms with Crippen molar-refractivity contribution in [1.29, 1.82) is 0 Å². The second-order valence-electron chi connectivity index (χ2n) is 10.8. The van der Waals surface area contributed by atoms with E-state index in [0.717, 1.165) is 74.0 Å². The second kappa shape index (κ2) is 12.9. The molecule has 0 unspecified atom stereocenters. The van der Waals surface area contributed by atoms with Crippen LogP contribution in [0, 0.1) is 5.92 Å². The van der Waals surface area contributed by atoms with Crippen molar-refractivity contribution in [3.8, 4) is 0 Å². The molecule has 2 fully saturated rings. The van der Waals surface area contributed by atoms with Gasteiger partial charge in [-0.3, -0.25) is 9.69 Å². The van der Waals surface area contributed by atoms with E-state index in [-0.39, 0.29) is 30.4 Å². The molecule has 2 aliphatic rings. The summed E-state index contributed by atoms with van der Waals surface area (Å²) in [5.41, 5.74) is 4.04. The maximum Gasteiger partial charge on any atom is 0.324 e. The Balaban J connectivity index is 1.30. The van der Waals surface area contributed by atoms with Gasteiger partial charge in [-0.25, -0.2) is 4.79 Å². The number of amides is 3. The van der Waals surface area contributed by atoms with Crippen molar-refractivity contribution in [2.45, 2.75) is 57.0 Å².